The van der Waals surface area contributed by atoms with Crippen LogP contribution in [0.2, 0.25) is 0 Å². The average molecular weight is 362 g/mol. The van der Waals surface area contributed by atoms with E-state index >= 15 is 0 Å². The fraction of sp³-hybridized carbons (Fsp3) is 0.353. The van der Waals surface area contributed by atoms with Gasteiger partial charge in [-0.15, -0.1) is 0 Å². The Labute approximate surface area is 149 Å². The van der Waals surface area contributed by atoms with Gasteiger partial charge in [0.15, 0.2) is 11.5 Å². The maximum atomic E-state index is 12.2. The lowest BCUT2D eigenvalue weighted by atomic mass is 10.2. The second-order valence-corrected chi connectivity index (χ2v) is 5.94. The van der Waals surface area contributed by atoms with Crippen molar-refractivity contribution < 1.29 is 14.3 Å². The highest BCUT2D eigenvalue weighted by atomic mass is 16.5. The van der Waals surface area contributed by atoms with Crippen LogP contribution in [-0.4, -0.2) is 29.7 Å². The van der Waals surface area contributed by atoms with Crippen LogP contribution in [0.4, 0.5) is 11.5 Å². The molecule has 0 aliphatic carbocycles. The van der Waals surface area contributed by atoms with E-state index in [1.165, 1.54) is 18.8 Å². The number of ether oxygens (including phenoxy) is 2. The van der Waals surface area contributed by atoms with Crippen LogP contribution >= 0.6 is 0 Å². The number of H-pyrrole nitrogens is 1. The number of hydrogen-bond donors (Lipinski definition) is 3. The Kier molecular flexibility index (Phi) is 5.71. The highest BCUT2D eigenvalue weighted by Gasteiger charge is 2.17. The molecule has 9 nitrogen and oxygen atoms in total. The van der Waals surface area contributed by atoms with E-state index in [9.17, 15) is 14.4 Å². The predicted octanol–water partition coefficient (Wildman–Crippen LogP) is 0.779. The summed E-state index contributed by atoms with van der Waals surface area (Å²) in [5.74, 6) is 0.193. The van der Waals surface area contributed by atoms with Crippen LogP contribution in [0, 0.1) is 5.92 Å². The van der Waals surface area contributed by atoms with E-state index < -0.39 is 11.2 Å². The molecule has 1 amide bonds. The third-order valence-electron chi connectivity index (χ3n) is 3.80. The Hall–Kier alpha value is -3.23. The minimum Gasteiger partial charge on any atom is -0.493 e. The number of carbonyl (C=O) groups excluding carboxylic acids is 1. The number of nitrogens with two attached hydrogens (primary N) is 1. The van der Waals surface area contributed by atoms with E-state index in [1.807, 2.05) is 0 Å². The van der Waals surface area contributed by atoms with Crippen LogP contribution in [0.15, 0.2) is 27.8 Å². The van der Waals surface area contributed by atoms with Gasteiger partial charge in [-0.2, -0.15) is 0 Å². The van der Waals surface area contributed by atoms with Crippen LogP contribution in [0.1, 0.15) is 19.4 Å². The number of aromatic nitrogens is 2. The van der Waals surface area contributed by atoms with Crippen molar-refractivity contribution in [3.8, 4) is 11.5 Å². The molecule has 4 N–H and O–H groups in total. The smallest absolute Gasteiger partial charge is 0.330 e. The fourth-order valence-corrected chi connectivity index (χ4v) is 2.29. The van der Waals surface area contributed by atoms with Crippen molar-refractivity contribution in [3.05, 3.63) is 44.6 Å². The molecule has 1 aromatic heterocycles. The molecule has 2 rings (SSSR count). The molecule has 0 bridgehead atoms. The summed E-state index contributed by atoms with van der Waals surface area (Å²) in [6.45, 7) is 3.44. The first-order valence-corrected chi connectivity index (χ1v) is 7.92. The second kappa shape index (κ2) is 7.77. The number of rotatable bonds is 6. The molecule has 0 radical (unpaired) electrons. The number of amides is 1. The monoisotopic (exact) mass is 362 g/mol. The molecule has 0 saturated carbocycles. The van der Waals surface area contributed by atoms with Crippen LogP contribution in [0.3, 0.4) is 0 Å². The number of nitrogen functional groups attached to an aromatic ring is 1. The van der Waals surface area contributed by atoms with Gasteiger partial charge in [0.2, 0.25) is 5.91 Å². The summed E-state index contributed by atoms with van der Waals surface area (Å²) in [6, 6.07) is 5.13. The van der Waals surface area contributed by atoms with Gasteiger partial charge in [-0.3, -0.25) is 19.1 Å². The fourth-order valence-electron chi connectivity index (χ4n) is 2.29. The zero-order chi connectivity index (χ0) is 19.4. The van der Waals surface area contributed by atoms with Crippen molar-refractivity contribution in [2.24, 2.45) is 5.92 Å². The first-order valence-electron chi connectivity index (χ1n) is 7.92. The zero-order valence-electron chi connectivity index (χ0n) is 15.1. The number of hydrogen-bond acceptors (Lipinski definition) is 6. The number of methoxy groups -OCH3 is 2. The van der Waals surface area contributed by atoms with Crippen LogP contribution in [0.25, 0.3) is 0 Å². The number of benzene rings is 1. The van der Waals surface area contributed by atoms with E-state index in [4.69, 9.17) is 15.2 Å². The molecule has 26 heavy (non-hydrogen) atoms. The summed E-state index contributed by atoms with van der Waals surface area (Å²) in [5, 5.41) is 2.46. The van der Waals surface area contributed by atoms with Crippen LogP contribution < -0.4 is 31.8 Å². The molecule has 0 unspecified atom stereocenters. The summed E-state index contributed by atoms with van der Waals surface area (Å²) in [7, 11) is 3.02. The molecule has 0 aliphatic rings. The molecular formula is C17H22N4O5. The highest BCUT2D eigenvalue weighted by Crippen LogP contribution is 2.28. The Morgan fingerprint density at radius 2 is 1.88 bits per heavy atom. The lowest BCUT2D eigenvalue weighted by Crippen LogP contribution is -2.35. The summed E-state index contributed by atoms with van der Waals surface area (Å²) in [6.07, 6.45) is 0. The summed E-state index contributed by atoms with van der Waals surface area (Å²) in [5.41, 5.74) is 5.11. The topological polar surface area (TPSA) is 128 Å². The zero-order valence-corrected chi connectivity index (χ0v) is 15.1. The van der Waals surface area contributed by atoms with E-state index in [2.05, 4.69) is 10.3 Å². The average Bonchev–Trinajstić information content (AvgIpc) is 2.61. The van der Waals surface area contributed by atoms with E-state index in [0.29, 0.717) is 17.1 Å². The van der Waals surface area contributed by atoms with Gasteiger partial charge < -0.3 is 20.5 Å². The van der Waals surface area contributed by atoms with Crippen molar-refractivity contribution in [1.82, 2.24) is 9.55 Å². The SMILES string of the molecule is COc1ccc(Cn2c(N)c(NC(=O)C(C)C)c(=O)[nH]c2=O)cc1OC. The molecule has 0 aliphatic heterocycles. The Bertz CT molecular complexity index is 930. The third-order valence-corrected chi connectivity index (χ3v) is 3.80. The van der Waals surface area contributed by atoms with Gasteiger partial charge in [-0.1, -0.05) is 19.9 Å². The van der Waals surface area contributed by atoms with Gasteiger partial charge in [-0.05, 0) is 17.7 Å². The quantitative estimate of drug-likeness (QED) is 0.696. The van der Waals surface area contributed by atoms with E-state index in [1.54, 1.807) is 32.0 Å². The van der Waals surface area contributed by atoms with Crippen LogP contribution in [-0.2, 0) is 11.3 Å². The molecule has 0 atom stereocenters. The Morgan fingerprint density at radius 3 is 2.46 bits per heavy atom. The molecule has 1 aromatic carbocycles. The maximum Gasteiger partial charge on any atom is 0.330 e. The van der Waals surface area contributed by atoms with Crippen molar-refractivity contribution >= 4 is 17.4 Å². The molecule has 0 fully saturated rings. The van der Waals surface area contributed by atoms with Crippen molar-refractivity contribution in [2.45, 2.75) is 20.4 Å². The molecule has 1 heterocycles. The van der Waals surface area contributed by atoms with Gasteiger partial charge in [-0.25, -0.2) is 4.79 Å². The minimum absolute atomic E-state index is 0.0757. The first-order chi connectivity index (χ1) is 12.3. The number of carbonyl (C=O) groups is 1. The summed E-state index contributed by atoms with van der Waals surface area (Å²) >= 11 is 0. The first kappa shape index (κ1) is 19.1. The lowest BCUT2D eigenvalue weighted by molar-refractivity contribution is -0.118. The molecule has 140 valence electrons. The molecule has 9 heteroatoms. The molecule has 0 spiro atoms. The Morgan fingerprint density at radius 1 is 1.23 bits per heavy atom. The van der Waals surface area contributed by atoms with E-state index in [-0.39, 0.29) is 29.9 Å². The van der Waals surface area contributed by atoms with Gasteiger partial charge in [0.25, 0.3) is 5.56 Å². The highest BCUT2D eigenvalue weighted by molar-refractivity contribution is 5.94. The molecular weight excluding hydrogens is 340 g/mol. The van der Waals surface area contributed by atoms with Gasteiger partial charge in [0.05, 0.1) is 20.8 Å². The molecule has 2 aromatic rings. The van der Waals surface area contributed by atoms with Crippen molar-refractivity contribution in [1.29, 1.82) is 0 Å². The largest absolute Gasteiger partial charge is 0.493 e. The van der Waals surface area contributed by atoms with Gasteiger partial charge in [0.1, 0.15) is 11.5 Å². The lowest BCUT2D eigenvalue weighted by Gasteiger charge is -2.15. The minimum atomic E-state index is -0.745. The second-order valence-electron chi connectivity index (χ2n) is 5.94. The summed E-state index contributed by atoms with van der Waals surface area (Å²) in [4.78, 5) is 38.2. The predicted molar refractivity (Wildman–Crippen MR) is 97.9 cm³/mol. The summed E-state index contributed by atoms with van der Waals surface area (Å²) < 4.78 is 11.6. The number of nitrogens with one attached hydrogen (secondary N) is 2. The Balaban J connectivity index is 2.46. The maximum absolute atomic E-state index is 12.2. The number of aromatic amines is 1. The molecule has 0 saturated heterocycles. The number of nitrogens with zero attached hydrogens (tertiary/aromatic N) is 1. The van der Waals surface area contributed by atoms with Crippen molar-refractivity contribution in [3.63, 3.8) is 0 Å². The number of anilines is 2. The standard InChI is InChI=1S/C17H22N4O5/c1-9(2)15(22)19-13-14(18)21(17(24)20-16(13)23)8-10-5-6-11(25-3)12(7-10)26-4/h5-7,9H,8,18H2,1-4H3,(H,19,22)(H,20,23,24). The third kappa shape index (κ3) is 3.88. The van der Waals surface area contributed by atoms with Crippen LogP contribution in [0.5, 0.6) is 11.5 Å². The normalized spacial score (nSPS) is 10.7. The van der Waals surface area contributed by atoms with Crippen molar-refractivity contribution in [2.75, 3.05) is 25.3 Å². The van der Waals surface area contributed by atoms with E-state index in [0.717, 1.165) is 0 Å². The van der Waals surface area contributed by atoms with Gasteiger partial charge in [0, 0.05) is 5.92 Å². The van der Waals surface area contributed by atoms with Gasteiger partial charge >= 0.3 is 5.69 Å².